The molecule has 2 N–H and O–H groups in total. The standard InChI is InChI=1S/C18H18N2O4/c1-23-16-8-7-12(9-15(16)21)11-19-18(22)14-10-17(24-20-14)13-5-3-2-4-6-13/h2-9,17,21H,10-11H2,1H3,(H,19,22)/t17-/m1/s1. The number of rotatable bonds is 5. The number of hydrogen-bond acceptors (Lipinski definition) is 5. The van der Waals surface area contributed by atoms with E-state index in [9.17, 15) is 9.90 Å². The molecular formula is C18H18N2O4. The Morgan fingerprint density at radius 1 is 1.33 bits per heavy atom. The first-order valence-electron chi connectivity index (χ1n) is 7.59. The lowest BCUT2D eigenvalue weighted by Crippen LogP contribution is -2.29. The van der Waals surface area contributed by atoms with Gasteiger partial charge in [-0.1, -0.05) is 41.6 Å². The van der Waals surface area contributed by atoms with E-state index in [1.165, 1.54) is 7.11 Å². The fourth-order valence-electron chi connectivity index (χ4n) is 2.49. The van der Waals surface area contributed by atoms with Crippen molar-refractivity contribution in [2.24, 2.45) is 5.16 Å². The van der Waals surface area contributed by atoms with Gasteiger partial charge in [0.05, 0.1) is 7.11 Å². The fourth-order valence-corrected chi connectivity index (χ4v) is 2.49. The number of methoxy groups -OCH3 is 1. The number of carbonyl (C=O) groups is 1. The fraction of sp³-hybridized carbons (Fsp3) is 0.222. The number of benzene rings is 2. The van der Waals surface area contributed by atoms with Crippen molar-refractivity contribution < 1.29 is 19.5 Å². The van der Waals surface area contributed by atoms with E-state index in [1.54, 1.807) is 18.2 Å². The third kappa shape index (κ3) is 3.48. The average molecular weight is 326 g/mol. The number of oxime groups is 1. The van der Waals surface area contributed by atoms with Gasteiger partial charge in [-0.05, 0) is 23.3 Å². The van der Waals surface area contributed by atoms with Crippen LogP contribution in [-0.4, -0.2) is 23.8 Å². The van der Waals surface area contributed by atoms with Crippen molar-refractivity contribution in [1.82, 2.24) is 5.32 Å². The van der Waals surface area contributed by atoms with Gasteiger partial charge in [-0.3, -0.25) is 4.79 Å². The van der Waals surface area contributed by atoms with E-state index in [4.69, 9.17) is 9.57 Å². The molecule has 0 fully saturated rings. The Labute approximate surface area is 139 Å². The molecule has 0 bridgehead atoms. The topological polar surface area (TPSA) is 80.2 Å². The molecule has 6 nitrogen and oxygen atoms in total. The molecule has 0 saturated heterocycles. The Morgan fingerprint density at radius 2 is 2.12 bits per heavy atom. The molecule has 6 heteroatoms. The summed E-state index contributed by atoms with van der Waals surface area (Å²) < 4.78 is 4.99. The lowest BCUT2D eigenvalue weighted by molar-refractivity contribution is -0.115. The van der Waals surface area contributed by atoms with Crippen LogP contribution in [0.5, 0.6) is 11.5 Å². The van der Waals surface area contributed by atoms with Crippen LogP contribution in [0.25, 0.3) is 0 Å². The third-order valence-corrected chi connectivity index (χ3v) is 3.80. The predicted octanol–water partition coefficient (Wildman–Crippen LogP) is 2.53. The summed E-state index contributed by atoms with van der Waals surface area (Å²) in [7, 11) is 1.48. The molecule has 1 heterocycles. The lowest BCUT2D eigenvalue weighted by Gasteiger charge is -2.08. The second-order valence-electron chi connectivity index (χ2n) is 5.44. The quantitative estimate of drug-likeness (QED) is 0.885. The molecule has 1 amide bonds. The minimum atomic E-state index is -0.274. The number of nitrogens with one attached hydrogen (secondary N) is 1. The van der Waals surface area contributed by atoms with Gasteiger partial charge in [0.25, 0.3) is 5.91 Å². The van der Waals surface area contributed by atoms with E-state index in [2.05, 4.69) is 10.5 Å². The molecule has 1 aliphatic heterocycles. The highest BCUT2D eigenvalue weighted by atomic mass is 16.6. The second-order valence-corrected chi connectivity index (χ2v) is 5.44. The number of carbonyl (C=O) groups excluding carboxylic acids is 1. The van der Waals surface area contributed by atoms with Gasteiger partial charge in [-0.25, -0.2) is 0 Å². The van der Waals surface area contributed by atoms with Gasteiger partial charge >= 0.3 is 0 Å². The van der Waals surface area contributed by atoms with Crippen molar-refractivity contribution in [3.05, 3.63) is 59.7 Å². The van der Waals surface area contributed by atoms with Crippen molar-refractivity contribution in [1.29, 1.82) is 0 Å². The molecular weight excluding hydrogens is 308 g/mol. The minimum Gasteiger partial charge on any atom is -0.504 e. The summed E-state index contributed by atoms with van der Waals surface area (Å²) in [5.74, 6) is 0.156. The number of nitrogens with zero attached hydrogens (tertiary/aromatic N) is 1. The summed E-state index contributed by atoms with van der Waals surface area (Å²) >= 11 is 0. The molecule has 0 radical (unpaired) electrons. The minimum absolute atomic E-state index is 0.0370. The molecule has 0 saturated carbocycles. The van der Waals surface area contributed by atoms with E-state index in [0.29, 0.717) is 17.9 Å². The van der Waals surface area contributed by atoms with Gasteiger partial charge in [-0.2, -0.15) is 0 Å². The SMILES string of the molecule is COc1ccc(CNC(=O)C2=NO[C@@H](c3ccccc3)C2)cc1O. The Kier molecular flexibility index (Phi) is 4.65. The van der Waals surface area contributed by atoms with Crippen LogP contribution >= 0.6 is 0 Å². The predicted molar refractivity (Wildman–Crippen MR) is 88.8 cm³/mol. The highest BCUT2D eigenvalue weighted by Gasteiger charge is 2.27. The number of ether oxygens (including phenoxy) is 1. The smallest absolute Gasteiger partial charge is 0.269 e. The summed E-state index contributed by atoms with van der Waals surface area (Å²) in [5.41, 5.74) is 2.12. The van der Waals surface area contributed by atoms with Crippen LogP contribution in [0.2, 0.25) is 0 Å². The third-order valence-electron chi connectivity index (χ3n) is 3.80. The Hall–Kier alpha value is -3.02. The van der Waals surface area contributed by atoms with E-state index in [-0.39, 0.29) is 24.3 Å². The van der Waals surface area contributed by atoms with Crippen LogP contribution < -0.4 is 10.1 Å². The van der Waals surface area contributed by atoms with Crippen LogP contribution in [0.3, 0.4) is 0 Å². The maximum absolute atomic E-state index is 12.2. The van der Waals surface area contributed by atoms with Gasteiger partial charge < -0.3 is 20.0 Å². The average Bonchev–Trinajstić information content (AvgIpc) is 3.11. The Balaban J connectivity index is 1.55. The molecule has 124 valence electrons. The van der Waals surface area contributed by atoms with E-state index in [0.717, 1.165) is 11.1 Å². The molecule has 24 heavy (non-hydrogen) atoms. The number of hydrogen-bond donors (Lipinski definition) is 2. The van der Waals surface area contributed by atoms with Gasteiger partial charge in [0.2, 0.25) is 0 Å². The molecule has 3 rings (SSSR count). The first kappa shape index (κ1) is 15.9. The second kappa shape index (κ2) is 7.04. The number of phenols is 1. The number of aromatic hydroxyl groups is 1. The highest BCUT2D eigenvalue weighted by molar-refractivity contribution is 6.39. The normalized spacial score (nSPS) is 16.2. The maximum atomic E-state index is 12.2. The monoisotopic (exact) mass is 326 g/mol. The van der Waals surface area contributed by atoms with Crippen molar-refractivity contribution in [2.45, 2.75) is 19.1 Å². The van der Waals surface area contributed by atoms with Crippen molar-refractivity contribution in [2.75, 3.05) is 7.11 Å². The molecule has 1 aliphatic rings. The summed E-state index contributed by atoms with van der Waals surface area (Å²) in [6.45, 7) is 0.283. The number of amides is 1. The molecule has 2 aromatic carbocycles. The summed E-state index contributed by atoms with van der Waals surface area (Å²) in [4.78, 5) is 17.5. The van der Waals surface area contributed by atoms with Crippen molar-refractivity contribution >= 4 is 11.6 Å². The molecule has 0 unspecified atom stereocenters. The molecule has 0 spiro atoms. The van der Waals surface area contributed by atoms with Crippen LogP contribution in [0.1, 0.15) is 23.7 Å². The van der Waals surface area contributed by atoms with Gasteiger partial charge in [0, 0.05) is 13.0 Å². The summed E-state index contributed by atoms with van der Waals surface area (Å²) in [5, 5.41) is 16.4. The highest BCUT2D eigenvalue weighted by Crippen LogP contribution is 2.27. The zero-order valence-corrected chi connectivity index (χ0v) is 13.2. The van der Waals surface area contributed by atoms with E-state index < -0.39 is 0 Å². The molecule has 1 atom stereocenters. The summed E-state index contributed by atoms with van der Waals surface area (Å²) in [6.07, 6.45) is 0.209. The first-order valence-corrected chi connectivity index (χ1v) is 7.59. The number of phenolic OH excluding ortho intramolecular Hbond substituents is 1. The Bertz CT molecular complexity index is 759. The zero-order chi connectivity index (χ0) is 16.9. The molecule has 2 aromatic rings. The van der Waals surface area contributed by atoms with Crippen LogP contribution in [0, 0.1) is 0 Å². The first-order chi connectivity index (χ1) is 11.7. The van der Waals surface area contributed by atoms with Gasteiger partial charge in [0.1, 0.15) is 5.71 Å². The summed E-state index contributed by atoms with van der Waals surface area (Å²) in [6, 6.07) is 14.6. The lowest BCUT2D eigenvalue weighted by atomic mass is 10.0. The van der Waals surface area contributed by atoms with Crippen molar-refractivity contribution in [3.8, 4) is 11.5 Å². The molecule has 0 aliphatic carbocycles. The Morgan fingerprint density at radius 3 is 2.83 bits per heavy atom. The van der Waals surface area contributed by atoms with E-state index in [1.807, 2.05) is 30.3 Å². The van der Waals surface area contributed by atoms with Gasteiger partial charge in [0.15, 0.2) is 17.6 Å². The molecule has 0 aromatic heterocycles. The van der Waals surface area contributed by atoms with Gasteiger partial charge in [-0.15, -0.1) is 0 Å². The largest absolute Gasteiger partial charge is 0.504 e. The van der Waals surface area contributed by atoms with E-state index >= 15 is 0 Å². The van der Waals surface area contributed by atoms with Crippen LogP contribution in [0.4, 0.5) is 0 Å². The van der Waals surface area contributed by atoms with Crippen LogP contribution in [-0.2, 0) is 16.2 Å². The maximum Gasteiger partial charge on any atom is 0.269 e. The van der Waals surface area contributed by atoms with Crippen LogP contribution in [0.15, 0.2) is 53.7 Å². The zero-order valence-electron chi connectivity index (χ0n) is 13.2. The van der Waals surface area contributed by atoms with Crippen molar-refractivity contribution in [3.63, 3.8) is 0 Å².